The molecular weight excluding hydrogens is 268 g/mol. The van der Waals surface area contributed by atoms with Crippen molar-refractivity contribution in [2.75, 3.05) is 11.9 Å². The van der Waals surface area contributed by atoms with Crippen LogP contribution < -0.4 is 5.32 Å². The zero-order valence-electron chi connectivity index (χ0n) is 11.9. The number of aryl methyl sites for hydroxylation is 2. The predicted molar refractivity (Wildman–Crippen MR) is 79.1 cm³/mol. The molecule has 0 aliphatic rings. The lowest BCUT2D eigenvalue weighted by Crippen LogP contribution is -2.21. The maximum absolute atomic E-state index is 11.8. The smallest absolute Gasteiger partial charge is 0.357 e. The predicted octanol–water partition coefficient (Wildman–Crippen LogP) is 2.49. The maximum Gasteiger partial charge on any atom is 0.357 e. The topological polar surface area (TPSA) is 68.3 Å². The fourth-order valence-corrected chi connectivity index (χ4v) is 1.75. The zero-order valence-corrected chi connectivity index (χ0v) is 11.9. The number of esters is 1. The number of ether oxygens (including phenoxy) is 1. The second-order valence-electron chi connectivity index (χ2n) is 4.66. The summed E-state index contributed by atoms with van der Waals surface area (Å²) in [6.07, 6.45) is 1.49. The van der Waals surface area contributed by atoms with E-state index in [0.717, 1.165) is 11.1 Å². The summed E-state index contributed by atoms with van der Waals surface area (Å²) >= 11 is 0. The fraction of sp³-hybridized carbons (Fsp3) is 0.188. The molecule has 0 fully saturated rings. The van der Waals surface area contributed by atoms with Crippen molar-refractivity contribution in [3.05, 3.63) is 59.4 Å². The number of carbonyl (C=O) groups excluding carboxylic acids is 2. The number of anilines is 1. The number of hydrogen-bond acceptors (Lipinski definition) is 4. The second kappa shape index (κ2) is 6.65. The lowest BCUT2D eigenvalue weighted by Gasteiger charge is -2.09. The Bertz CT molecular complexity index is 654. The first-order valence-corrected chi connectivity index (χ1v) is 6.51. The fourth-order valence-electron chi connectivity index (χ4n) is 1.75. The van der Waals surface area contributed by atoms with Gasteiger partial charge >= 0.3 is 5.97 Å². The summed E-state index contributed by atoms with van der Waals surface area (Å²) in [7, 11) is 0. The third-order valence-electron chi connectivity index (χ3n) is 2.88. The Kier molecular flexibility index (Phi) is 4.66. The number of aromatic nitrogens is 1. The molecule has 0 saturated heterocycles. The zero-order chi connectivity index (χ0) is 15.2. The molecule has 0 spiro atoms. The molecule has 21 heavy (non-hydrogen) atoms. The average Bonchev–Trinajstić information content (AvgIpc) is 2.49. The van der Waals surface area contributed by atoms with Gasteiger partial charge in [-0.15, -0.1) is 0 Å². The lowest BCUT2D eigenvalue weighted by molar-refractivity contribution is -0.119. The Morgan fingerprint density at radius 2 is 2.00 bits per heavy atom. The average molecular weight is 284 g/mol. The number of rotatable bonds is 4. The van der Waals surface area contributed by atoms with Crippen LogP contribution in [0.5, 0.6) is 0 Å². The van der Waals surface area contributed by atoms with Crippen molar-refractivity contribution >= 4 is 17.6 Å². The van der Waals surface area contributed by atoms with Crippen molar-refractivity contribution in [1.29, 1.82) is 0 Å². The van der Waals surface area contributed by atoms with E-state index >= 15 is 0 Å². The van der Waals surface area contributed by atoms with Gasteiger partial charge in [0, 0.05) is 11.9 Å². The molecule has 2 aromatic rings. The molecular formula is C16H16N2O3. The number of nitrogens with zero attached hydrogens (tertiary/aromatic N) is 1. The van der Waals surface area contributed by atoms with Gasteiger partial charge in [0.2, 0.25) is 0 Å². The van der Waals surface area contributed by atoms with Crippen molar-refractivity contribution in [3.63, 3.8) is 0 Å². The summed E-state index contributed by atoms with van der Waals surface area (Å²) in [5.41, 5.74) is 2.89. The maximum atomic E-state index is 11.8. The molecule has 0 bridgehead atoms. The van der Waals surface area contributed by atoms with Gasteiger partial charge in [0.15, 0.2) is 6.61 Å². The Labute approximate surface area is 123 Å². The van der Waals surface area contributed by atoms with Crippen LogP contribution in [0, 0.1) is 13.8 Å². The third kappa shape index (κ3) is 4.14. The Morgan fingerprint density at radius 1 is 1.19 bits per heavy atom. The molecule has 1 heterocycles. The Hall–Kier alpha value is -2.69. The number of hydrogen-bond donors (Lipinski definition) is 1. The first kappa shape index (κ1) is 14.7. The minimum atomic E-state index is -0.619. The molecule has 1 aromatic heterocycles. The third-order valence-corrected chi connectivity index (χ3v) is 2.88. The van der Waals surface area contributed by atoms with Crippen LogP contribution in [0.1, 0.15) is 21.6 Å². The lowest BCUT2D eigenvalue weighted by atomic mass is 10.1. The van der Waals surface area contributed by atoms with E-state index in [1.54, 1.807) is 12.1 Å². The second-order valence-corrected chi connectivity index (χ2v) is 4.66. The minimum Gasteiger partial charge on any atom is -0.451 e. The summed E-state index contributed by atoms with van der Waals surface area (Å²) in [5.74, 6) is -1.00. The van der Waals surface area contributed by atoms with Crippen molar-refractivity contribution < 1.29 is 14.3 Å². The van der Waals surface area contributed by atoms with E-state index in [9.17, 15) is 9.59 Å². The quantitative estimate of drug-likeness (QED) is 0.876. The molecule has 1 amide bonds. The summed E-state index contributed by atoms with van der Waals surface area (Å²) in [4.78, 5) is 27.3. The molecule has 0 aliphatic heterocycles. The van der Waals surface area contributed by atoms with Crippen LogP contribution in [-0.2, 0) is 9.53 Å². The van der Waals surface area contributed by atoms with Gasteiger partial charge in [0.25, 0.3) is 5.91 Å². The molecule has 0 aliphatic carbocycles. The van der Waals surface area contributed by atoms with E-state index in [-0.39, 0.29) is 18.2 Å². The van der Waals surface area contributed by atoms with Crippen LogP contribution in [0.2, 0.25) is 0 Å². The number of pyridine rings is 1. The van der Waals surface area contributed by atoms with Gasteiger partial charge < -0.3 is 10.1 Å². The molecule has 5 heteroatoms. The molecule has 0 saturated carbocycles. The van der Waals surface area contributed by atoms with Gasteiger partial charge in [-0.25, -0.2) is 9.78 Å². The van der Waals surface area contributed by atoms with Crippen molar-refractivity contribution in [2.24, 2.45) is 0 Å². The highest BCUT2D eigenvalue weighted by Crippen LogP contribution is 2.16. The molecule has 0 atom stereocenters. The van der Waals surface area contributed by atoms with Crippen LogP contribution in [0.4, 0.5) is 5.69 Å². The monoisotopic (exact) mass is 284 g/mol. The van der Waals surface area contributed by atoms with Crippen LogP contribution in [0.15, 0.2) is 42.6 Å². The highest BCUT2D eigenvalue weighted by molar-refractivity contribution is 5.95. The molecule has 1 aromatic carbocycles. The molecule has 5 nitrogen and oxygen atoms in total. The Morgan fingerprint density at radius 3 is 2.71 bits per heavy atom. The largest absolute Gasteiger partial charge is 0.451 e. The first-order chi connectivity index (χ1) is 10.1. The molecule has 108 valence electrons. The van der Waals surface area contributed by atoms with E-state index in [4.69, 9.17) is 4.74 Å². The van der Waals surface area contributed by atoms with Crippen molar-refractivity contribution in [1.82, 2.24) is 4.98 Å². The minimum absolute atomic E-state index is 0.178. The number of benzene rings is 1. The number of nitrogens with one attached hydrogen (secondary N) is 1. The molecule has 1 N–H and O–H groups in total. The van der Waals surface area contributed by atoms with E-state index in [1.165, 1.54) is 12.3 Å². The van der Waals surface area contributed by atoms with Crippen LogP contribution in [0.3, 0.4) is 0 Å². The summed E-state index contributed by atoms with van der Waals surface area (Å²) < 4.78 is 4.92. The van der Waals surface area contributed by atoms with E-state index in [1.807, 2.05) is 32.0 Å². The van der Waals surface area contributed by atoms with Crippen LogP contribution in [-0.4, -0.2) is 23.5 Å². The van der Waals surface area contributed by atoms with E-state index < -0.39 is 5.97 Å². The van der Waals surface area contributed by atoms with Gasteiger partial charge in [-0.1, -0.05) is 18.2 Å². The van der Waals surface area contributed by atoms with Crippen molar-refractivity contribution in [3.8, 4) is 0 Å². The van der Waals surface area contributed by atoms with Gasteiger partial charge in [-0.3, -0.25) is 4.79 Å². The van der Waals surface area contributed by atoms with Crippen molar-refractivity contribution in [2.45, 2.75) is 13.8 Å². The SMILES string of the molecule is Cc1ccc(C)c(NC(=O)COC(=O)c2ccccn2)c1. The van der Waals surface area contributed by atoms with E-state index in [0.29, 0.717) is 5.69 Å². The van der Waals surface area contributed by atoms with Crippen LogP contribution >= 0.6 is 0 Å². The van der Waals surface area contributed by atoms with Gasteiger partial charge in [-0.05, 0) is 43.2 Å². The standard InChI is InChI=1S/C16H16N2O3/c1-11-6-7-12(2)14(9-11)18-15(19)10-21-16(20)13-5-3-4-8-17-13/h3-9H,10H2,1-2H3,(H,18,19). The first-order valence-electron chi connectivity index (χ1n) is 6.51. The normalized spacial score (nSPS) is 10.0. The number of carbonyl (C=O) groups is 2. The molecule has 0 radical (unpaired) electrons. The van der Waals surface area contributed by atoms with Gasteiger partial charge in [0.05, 0.1) is 0 Å². The van der Waals surface area contributed by atoms with Gasteiger partial charge in [0.1, 0.15) is 5.69 Å². The summed E-state index contributed by atoms with van der Waals surface area (Å²) in [5, 5.41) is 2.72. The Balaban J connectivity index is 1.91. The highest BCUT2D eigenvalue weighted by Gasteiger charge is 2.11. The summed E-state index contributed by atoms with van der Waals surface area (Å²) in [6, 6.07) is 10.7. The summed E-state index contributed by atoms with van der Waals surface area (Å²) in [6.45, 7) is 3.49. The van der Waals surface area contributed by atoms with Crippen LogP contribution in [0.25, 0.3) is 0 Å². The van der Waals surface area contributed by atoms with E-state index in [2.05, 4.69) is 10.3 Å². The molecule has 0 unspecified atom stereocenters. The number of amides is 1. The highest BCUT2D eigenvalue weighted by atomic mass is 16.5. The molecule has 2 rings (SSSR count). The van der Waals surface area contributed by atoms with Gasteiger partial charge in [-0.2, -0.15) is 0 Å².